The Balaban J connectivity index is 1.38. The van der Waals surface area contributed by atoms with Crippen molar-refractivity contribution in [2.75, 3.05) is 4.90 Å². The van der Waals surface area contributed by atoms with Crippen molar-refractivity contribution >= 4 is 81.0 Å². The minimum atomic E-state index is 1.06. The summed E-state index contributed by atoms with van der Waals surface area (Å²) in [7, 11) is 0. The van der Waals surface area contributed by atoms with E-state index in [1.165, 1.54) is 58.2 Å². The molecule has 0 aliphatic carbocycles. The highest BCUT2D eigenvalue weighted by atomic mass is 32.1. The third-order valence-electron chi connectivity index (χ3n) is 8.69. The molecule has 0 fully saturated rings. The molecule has 0 aliphatic heterocycles. The van der Waals surface area contributed by atoms with Gasteiger partial charge in [-0.3, -0.25) is 4.98 Å². The van der Waals surface area contributed by atoms with Crippen LogP contribution in [0.4, 0.5) is 17.1 Å². The summed E-state index contributed by atoms with van der Waals surface area (Å²) in [6.07, 6.45) is 1.89. The van der Waals surface area contributed by atoms with Gasteiger partial charge in [0.05, 0.1) is 26.3 Å². The van der Waals surface area contributed by atoms with Crippen molar-refractivity contribution in [1.29, 1.82) is 0 Å². The zero-order valence-electron chi connectivity index (χ0n) is 23.8. The number of benzene rings is 7. The summed E-state index contributed by atoms with van der Waals surface area (Å²) in [5, 5.41) is 8.70. The van der Waals surface area contributed by atoms with Gasteiger partial charge in [0.1, 0.15) is 0 Å². The van der Waals surface area contributed by atoms with E-state index in [2.05, 4.69) is 150 Å². The van der Waals surface area contributed by atoms with Gasteiger partial charge in [-0.15, -0.1) is 11.3 Å². The Hall–Kier alpha value is -5.51. The molecule has 9 rings (SSSR count). The van der Waals surface area contributed by atoms with Gasteiger partial charge in [0.25, 0.3) is 0 Å². The van der Waals surface area contributed by atoms with E-state index < -0.39 is 0 Å². The van der Waals surface area contributed by atoms with Gasteiger partial charge in [-0.2, -0.15) is 0 Å². The smallest absolute Gasteiger partial charge is 0.0889 e. The second kappa shape index (κ2) is 10.0. The molecule has 2 nitrogen and oxygen atoms in total. The van der Waals surface area contributed by atoms with Crippen LogP contribution in [0.25, 0.3) is 63.7 Å². The maximum absolute atomic E-state index is 4.78. The van der Waals surface area contributed by atoms with Gasteiger partial charge in [-0.05, 0) is 74.5 Å². The molecule has 0 saturated heterocycles. The number of hydrogen-bond donors (Lipinski definition) is 0. The van der Waals surface area contributed by atoms with Crippen LogP contribution in [0.1, 0.15) is 0 Å². The van der Waals surface area contributed by atoms with Crippen LogP contribution in [-0.4, -0.2) is 4.98 Å². The van der Waals surface area contributed by atoms with Crippen LogP contribution in [0.15, 0.2) is 158 Å². The molecule has 0 saturated carbocycles. The minimum Gasteiger partial charge on any atom is -0.308 e. The monoisotopic (exact) mass is 578 g/mol. The first-order valence-electron chi connectivity index (χ1n) is 14.9. The minimum absolute atomic E-state index is 1.06. The summed E-state index contributed by atoms with van der Waals surface area (Å²) in [6.45, 7) is 0. The SMILES string of the molecule is c1ccc(-c2ccc(N(c3cc4c5ccccc5ccc4c4ccccc34)c3cccc4c3sc3cccnc34)cc2)cc1. The van der Waals surface area contributed by atoms with Crippen molar-refractivity contribution in [2.24, 2.45) is 0 Å². The van der Waals surface area contributed by atoms with Crippen molar-refractivity contribution in [2.45, 2.75) is 0 Å². The highest BCUT2D eigenvalue weighted by Crippen LogP contribution is 2.48. The highest BCUT2D eigenvalue weighted by Gasteiger charge is 2.21. The zero-order chi connectivity index (χ0) is 29.0. The Labute approximate surface area is 259 Å². The van der Waals surface area contributed by atoms with Gasteiger partial charge in [0.15, 0.2) is 0 Å². The van der Waals surface area contributed by atoms with Crippen LogP contribution >= 0.6 is 11.3 Å². The molecule has 2 heterocycles. The molecule has 7 aromatic carbocycles. The average molecular weight is 579 g/mol. The Morgan fingerprint density at radius 1 is 0.455 bits per heavy atom. The molecule has 0 N–H and O–H groups in total. The van der Waals surface area contributed by atoms with Crippen LogP contribution < -0.4 is 4.90 Å². The first-order chi connectivity index (χ1) is 21.8. The van der Waals surface area contributed by atoms with Crippen LogP contribution in [-0.2, 0) is 0 Å². The molecule has 0 bridgehead atoms. The van der Waals surface area contributed by atoms with E-state index >= 15 is 0 Å². The summed E-state index contributed by atoms with van der Waals surface area (Å²) < 4.78 is 2.43. The fourth-order valence-electron chi connectivity index (χ4n) is 6.65. The lowest BCUT2D eigenvalue weighted by Gasteiger charge is -2.28. The zero-order valence-corrected chi connectivity index (χ0v) is 24.6. The fourth-order valence-corrected chi connectivity index (χ4v) is 7.81. The lowest BCUT2D eigenvalue weighted by molar-refractivity contribution is 1.32. The molecule has 0 amide bonds. The van der Waals surface area contributed by atoms with Crippen LogP contribution in [0.3, 0.4) is 0 Å². The number of fused-ring (bicyclic) bond motifs is 8. The fraction of sp³-hybridized carbons (Fsp3) is 0. The number of rotatable bonds is 4. The molecular formula is C41H26N2S. The molecule has 0 spiro atoms. The molecule has 44 heavy (non-hydrogen) atoms. The van der Waals surface area contributed by atoms with E-state index in [0.717, 1.165) is 22.6 Å². The Bertz CT molecular complexity index is 2490. The molecule has 0 atom stereocenters. The van der Waals surface area contributed by atoms with Gasteiger partial charge in [0, 0.05) is 22.7 Å². The molecular weight excluding hydrogens is 553 g/mol. The number of nitrogens with zero attached hydrogens (tertiary/aromatic N) is 2. The van der Waals surface area contributed by atoms with Gasteiger partial charge in [0.2, 0.25) is 0 Å². The number of pyridine rings is 1. The summed E-state index contributed by atoms with van der Waals surface area (Å²) in [5.74, 6) is 0. The predicted molar refractivity (Wildman–Crippen MR) is 190 cm³/mol. The largest absolute Gasteiger partial charge is 0.308 e. The number of thiophene rings is 1. The number of anilines is 3. The third-order valence-corrected chi connectivity index (χ3v) is 9.87. The van der Waals surface area contributed by atoms with E-state index in [-0.39, 0.29) is 0 Å². The Morgan fingerprint density at radius 2 is 1.16 bits per heavy atom. The van der Waals surface area contributed by atoms with Crippen molar-refractivity contribution in [3.63, 3.8) is 0 Å². The summed E-state index contributed by atoms with van der Waals surface area (Å²) in [5.41, 5.74) is 6.91. The molecule has 2 aromatic heterocycles. The predicted octanol–water partition coefficient (Wildman–Crippen LogP) is 12.0. The van der Waals surface area contributed by atoms with Crippen molar-refractivity contribution in [1.82, 2.24) is 4.98 Å². The number of hydrogen-bond acceptors (Lipinski definition) is 3. The second-order valence-electron chi connectivity index (χ2n) is 11.2. The van der Waals surface area contributed by atoms with Gasteiger partial charge in [-0.1, -0.05) is 115 Å². The Kier molecular flexibility index (Phi) is 5.71. The lowest BCUT2D eigenvalue weighted by Crippen LogP contribution is -2.11. The highest BCUT2D eigenvalue weighted by molar-refractivity contribution is 7.26. The number of aromatic nitrogens is 1. The van der Waals surface area contributed by atoms with Crippen LogP contribution in [0, 0.1) is 0 Å². The maximum Gasteiger partial charge on any atom is 0.0889 e. The Morgan fingerprint density at radius 3 is 2.02 bits per heavy atom. The summed E-state index contributed by atoms with van der Waals surface area (Å²) in [6, 6.07) is 54.9. The molecule has 3 heteroatoms. The third kappa shape index (κ3) is 3.90. The van der Waals surface area contributed by atoms with E-state index in [1.807, 2.05) is 23.6 Å². The standard InChI is InChI=1S/C41H26N2S/c1-2-10-27(11-3-1)28-19-22-30(23-20-28)43(37-17-8-16-35-40-39(44-41(35)37)18-9-25-42-40)38-26-36-31-13-5-4-12-29(31)21-24-33(36)32-14-6-7-15-34(32)38/h1-26H. The maximum atomic E-state index is 4.78. The van der Waals surface area contributed by atoms with Crippen molar-refractivity contribution < 1.29 is 0 Å². The summed E-state index contributed by atoms with van der Waals surface area (Å²) in [4.78, 5) is 7.23. The molecule has 206 valence electrons. The topological polar surface area (TPSA) is 16.1 Å². The van der Waals surface area contributed by atoms with Crippen molar-refractivity contribution in [3.8, 4) is 11.1 Å². The molecule has 0 unspecified atom stereocenters. The first-order valence-corrected chi connectivity index (χ1v) is 15.7. The summed E-state index contributed by atoms with van der Waals surface area (Å²) >= 11 is 1.81. The molecule has 0 aliphatic rings. The van der Waals surface area contributed by atoms with Gasteiger partial charge < -0.3 is 4.90 Å². The quantitative estimate of drug-likeness (QED) is 0.193. The van der Waals surface area contributed by atoms with Crippen molar-refractivity contribution in [3.05, 3.63) is 158 Å². The molecule has 9 aromatic rings. The second-order valence-corrected chi connectivity index (χ2v) is 12.2. The molecule has 0 radical (unpaired) electrons. The van der Waals surface area contributed by atoms with E-state index in [9.17, 15) is 0 Å². The van der Waals surface area contributed by atoms with Gasteiger partial charge in [-0.25, -0.2) is 0 Å². The first kappa shape index (κ1) is 25.0. The van der Waals surface area contributed by atoms with E-state index in [1.54, 1.807) is 0 Å². The lowest BCUT2D eigenvalue weighted by atomic mass is 9.95. The average Bonchev–Trinajstić information content (AvgIpc) is 3.49. The van der Waals surface area contributed by atoms with E-state index in [0.29, 0.717) is 0 Å². The van der Waals surface area contributed by atoms with E-state index in [4.69, 9.17) is 4.98 Å². The van der Waals surface area contributed by atoms with Gasteiger partial charge >= 0.3 is 0 Å². The van der Waals surface area contributed by atoms with Crippen LogP contribution in [0.5, 0.6) is 0 Å². The van der Waals surface area contributed by atoms with Crippen LogP contribution in [0.2, 0.25) is 0 Å². The normalized spacial score (nSPS) is 11.6.